The third-order valence-electron chi connectivity index (χ3n) is 3.11. The van der Waals surface area contributed by atoms with Gasteiger partial charge in [0.05, 0.1) is 0 Å². The molecule has 0 aromatic heterocycles. The number of carbonyl (C=O) groups is 1. The molecule has 0 radical (unpaired) electrons. The highest BCUT2D eigenvalue weighted by molar-refractivity contribution is 5.79. The summed E-state index contributed by atoms with van der Waals surface area (Å²) in [4.78, 5) is 15.9. The highest BCUT2D eigenvalue weighted by Crippen LogP contribution is 2.11. The molecule has 26 heavy (non-hydrogen) atoms. The Kier molecular flexibility index (Phi) is 8.81. The summed E-state index contributed by atoms with van der Waals surface area (Å²) >= 11 is 0. The van der Waals surface area contributed by atoms with E-state index in [-0.39, 0.29) is 12.0 Å². The van der Waals surface area contributed by atoms with Gasteiger partial charge in [0.2, 0.25) is 0 Å². The number of ether oxygens (including phenoxy) is 1. The first-order valence-corrected chi connectivity index (χ1v) is 8.65. The molecule has 1 rings (SSSR count). The average Bonchev–Trinajstić information content (AvgIpc) is 2.53. The van der Waals surface area contributed by atoms with Crippen LogP contribution in [0, 0.1) is 11.6 Å². The van der Waals surface area contributed by atoms with Crippen molar-refractivity contribution in [1.82, 2.24) is 16.0 Å². The molecule has 6 nitrogen and oxygen atoms in total. The van der Waals surface area contributed by atoms with Crippen molar-refractivity contribution in [3.63, 3.8) is 0 Å². The molecule has 0 unspecified atom stereocenters. The quantitative estimate of drug-likeness (QED) is 0.392. The molecule has 0 spiro atoms. The number of rotatable bonds is 7. The third-order valence-corrected chi connectivity index (χ3v) is 3.11. The minimum absolute atomic E-state index is 0.288. The lowest BCUT2D eigenvalue weighted by molar-refractivity contribution is 0.0529. The molecule has 0 aliphatic heterocycles. The van der Waals surface area contributed by atoms with Gasteiger partial charge in [-0.25, -0.2) is 13.6 Å². The molecule has 146 valence electrons. The van der Waals surface area contributed by atoms with E-state index in [1.165, 1.54) is 6.07 Å². The van der Waals surface area contributed by atoms with Crippen LogP contribution in [0.1, 0.15) is 33.3 Å². The van der Waals surface area contributed by atoms with E-state index in [0.29, 0.717) is 32.1 Å². The molecular formula is C18H28F2N4O2. The van der Waals surface area contributed by atoms with Crippen molar-refractivity contribution < 1.29 is 18.3 Å². The Bertz CT molecular complexity index is 616. The number of hydrogen-bond acceptors (Lipinski definition) is 3. The zero-order valence-electron chi connectivity index (χ0n) is 15.8. The second-order valence-electron chi connectivity index (χ2n) is 6.58. The van der Waals surface area contributed by atoms with Crippen LogP contribution >= 0.6 is 0 Å². The van der Waals surface area contributed by atoms with Gasteiger partial charge in [-0.15, -0.1) is 0 Å². The van der Waals surface area contributed by atoms with Gasteiger partial charge < -0.3 is 20.7 Å². The van der Waals surface area contributed by atoms with Crippen molar-refractivity contribution in [3.8, 4) is 0 Å². The number of amides is 1. The van der Waals surface area contributed by atoms with E-state index < -0.39 is 23.3 Å². The minimum atomic E-state index is -0.857. The molecule has 0 fully saturated rings. The van der Waals surface area contributed by atoms with Gasteiger partial charge in [0, 0.05) is 26.2 Å². The Labute approximate surface area is 153 Å². The summed E-state index contributed by atoms with van der Waals surface area (Å²) in [6.45, 7) is 9.06. The zero-order chi connectivity index (χ0) is 19.6. The normalized spacial score (nSPS) is 11.8. The summed E-state index contributed by atoms with van der Waals surface area (Å²) in [5.74, 6) is -1.15. The maximum Gasteiger partial charge on any atom is 0.407 e. The largest absolute Gasteiger partial charge is 0.444 e. The van der Waals surface area contributed by atoms with Crippen LogP contribution in [0.25, 0.3) is 0 Å². The predicted molar refractivity (Wildman–Crippen MR) is 98.3 cm³/mol. The highest BCUT2D eigenvalue weighted by Gasteiger charge is 2.15. The van der Waals surface area contributed by atoms with Crippen molar-refractivity contribution in [1.29, 1.82) is 0 Å². The summed E-state index contributed by atoms with van der Waals surface area (Å²) in [6, 6.07) is 4.10. The molecule has 0 bridgehead atoms. The number of hydrogen-bond donors (Lipinski definition) is 3. The molecule has 1 aromatic rings. The first kappa shape index (κ1) is 21.7. The second-order valence-corrected chi connectivity index (χ2v) is 6.58. The first-order valence-electron chi connectivity index (χ1n) is 8.65. The molecular weight excluding hydrogens is 342 g/mol. The Hall–Kier alpha value is -2.38. The van der Waals surface area contributed by atoms with E-state index in [4.69, 9.17) is 4.74 Å². The Morgan fingerprint density at radius 2 is 1.85 bits per heavy atom. The van der Waals surface area contributed by atoms with Crippen LogP contribution in [-0.2, 0) is 11.2 Å². The van der Waals surface area contributed by atoms with Crippen molar-refractivity contribution in [3.05, 3.63) is 35.4 Å². The maximum atomic E-state index is 13.6. The molecule has 1 aromatic carbocycles. The van der Waals surface area contributed by atoms with Gasteiger partial charge in [-0.05, 0) is 45.7 Å². The molecule has 1 amide bonds. The second kappa shape index (κ2) is 10.6. The fraction of sp³-hybridized carbons (Fsp3) is 0.556. The van der Waals surface area contributed by atoms with Crippen molar-refractivity contribution in [2.24, 2.45) is 4.99 Å². The average molecular weight is 370 g/mol. The standard InChI is InChI=1S/C18H28F2N4O2/c1-5-21-16(23-11-12-24-17(25)26-18(2,3)4)22-10-9-13-7-6-8-14(19)15(13)20/h6-8H,5,9-12H2,1-4H3,(H,24,25)(H2,21,22,23). The molecule has 0 aliphatic rings. The van der Waals surface area contributed by atoms with Gasteiger partial charge in [-0.3, -0.25) is 4.99 Å². The van der Waals surface area contributed by atoms with Gasteiger partial charge in [-0.2, -0.15) is 0 Å². The maximum absolute atomic E-state index is 13.6. The lowest BCUT2D eigenvalue weighted by Gasteiger charge is -2.19. The van der Waals surface area contributed by atoms with E-state index in [9.17, 15) is 13.6 Å². The van der Waals surface area contributed by atoms with Crippen LogP contribution in [0.3, 0.4) is 0 Å². The molecule has 0 heterocycles. The topological polar surface area (TPSA) is 74.8 Å². The van der Waals surface area contributed by atoms with Gasteiger partial charge in [0.15, 0.2) is 17.6 Å². The third kappa shape index (κ3) is 8.64. The SMILES string of the molecule is CCNC(=NCCc1cccc(F)c1F)NCCNC(=O)OC(C)(C)C. The number of nitrogens with zero attached hydrogens (tertiary/aromatic N) is 1. The van der Waals surface area contributed by atoms with Crippen molar-refractivity contribution in [2.75, 3.05) is 26.2 Å². The summed E-state index contributed by atoms with van der Waals surface area (Å²) in [5.41, 5.74) is -0.253. The molecule has 0 saturated heterocycles. The number of carbonyl (C=O) groups excluding carboxylic acids is 1. The number of alkyl carbamates (subject to hydrolysis) is 1. The van der Waals surface area contributed by atoms with Crippen LogP contribution in [-0.4, -0.2) is 43.8 Å². The molecule has 0 saturated carbocycles. The minimum Gasteiger partial charge on any atom is -0.444 e. The van der Waals surface area contributed by atoms with Gasteiger partial charge in [0.1, 0.15) is 5.60 Å². The van der Waals surface area contributed by atoms with Crippen LogP contribution in [0.5, 0.6) is 0 Å². The molecule has 0 aliphatic carbocycles. The summed E-state index contributed by atoms with van der Waals surface area (Å²) in [7, 11) is 0. The lowest BCUT2D eigenvalue weighted by Crippen LogP contribution is -2.42. The highest BCUT2D eigenvalue weighted by atomic mass is 19.2. The van der Waals surface area contributed by atoms with Crippen molar-refractivity contribution >= 4 is 12.1 Å². The van der Waals surface area contributed by atoms with E-state index >= 15 is 0 Å². The fourth-order valence-corrected chi connectivity index (χ4v) is 2.03. The van der Waals surface area contributed by atoms with E-state index in [0.717, 1.165) is 6.07 Å². The molecule has 8 heteroatoms. The summed E-state index contributed by atoms with van der Waals surface area (Å²) in [5, 5.41) is 8.73. The van der Waals surface area contributed by atoms with Gasteiger partial charge in [-0.1, -0.05) is 12.1 Å². The smallest absolute Gasteiger partial charge is 0.407 e. The number of benzene rings is 1. The van der Waals surface area contributed by atoms with E-state index in [1.54, 1.807) is 26.8 Å². The van der Waals surface area contributed by atoms with Crippen molar-refractivity contribution in [2.45, 2.75) is 39.7 Å². The molecule has 0 atom stereocenters. The zero-order valence-corrected chi connectivity index (χ0v) is 15.8. The number of nitrogens with one attached hydrogen (secondary N) is 3. The fourth-order valence-electron chi connectivity index (χ4n) is 2.03. The Morgan fingerprint density at radius 1 is 1.15 bits per heavy atom. The van der Waals surface area contributed by atoms with Crippen LogP contribution in [0.2, 0.25) is 0 Å². The first-order chi connectivity index (χ1) is 12.2. The van der Waals surface area contributed by atoms with Crippen LogP contribution in [0.15, 0.2) is 23.2 Å². The lowest BCUT2D eigenvalue weighted by atomic mass is 10.1. The Morgan fingerprint density at radius 3 is 2.50 bits per heavy atom. The predicted octanol–water partition coefficient (Wildman–Crippen LogP) is 2.59. The van der Waals surface area contributed by atoms with E-state index in [2.05, 4.69) is 20.9 Å². The van der Waals surface area contributed by atoms with Crippen LogP contribution in [0.4, 0.5) is 13.6 Å². The Balaban J connectivity index is 2.41. The molecule has 3 N–H and O–H groups in total. The van der Waals surface area contributed by atoms with Gasteiger partial charge >= 0.3 is 6.09 Å². The summed E-state index contributed by atoms with van der Waals surface area (Å²) in [6.07, 6.45) is -0.195. The monoisotopic (exact) mass is 370 g/mol. The number of guanidine groups is 1. The van der Waals surface area contributed by atoms with E-state index in [1.807, 2.05) is 6.92 Å². The number of halogens is 2. The number of aliphatic imine (C=N–C) groups is 1. The van der Waals surface area contributed by atoms with Gasteiger partial charge in [0.25, 0.3) is 0 Å². The summed E-state index contributed by atoms with van der Waals surface area (Å²) < 4.78 is 31.9. The van der Waals surface area contributed by atoms with Crippen LogP contribution < -0.4 is 16.0 Å².